The molecule has 2 aromatic carbocycles. The molecule has 5 nitrogen and oxygen atoms in total. The molecule has 2 aromatic rings. The highest BCUT2D eigenvalue weighted by Crippen LogP contribution is 2.27. The van der Waals surface area contributed by atoms with Gasteiger partial charge in [0.15, 0.2) is 0 Å². The van der Waals surface area contributed by atoms with Crippen molar-refractivity contribution in [1.82, 2.24) is 5.32 Å². The molecular weight excluding hydrogens is 294 g/mol. The number of benzene rings is 2. The third kappa shape index (κ3) is 5.39. The van der Waals surface area contributed by atoms with Crippen LogP contribution in [0.25, 0.3) is 6.08 Å². The molecule has 0 heterocycles. The van der Waals surface area contributed by atoms with Gasteiger partial charge in [-0.3, -0.25) is 0 Å². The van der Waals surface area contributed by atoms with Gasteiger partial charge in [0.05, 0.1) is 5.56 Å². The molecule has 0 aliphatic rings. The van der Waals surface area contributed by atoms with Crippen molar-refractivity contribution in [3.8, 4) is 11.5 Å². The average molecular weight is 313 g/mol. The highest BCUT2D eigenvalue weighted by Gasteiger charge is 2.03. The molecule has 0 spiro atoms. The van der Waals surface area contributed by atoms with Gasteiger partial charge in [-0.25, -0.2) is 4.79 Å². The fourth-order valence-corrected chi connectivity index (χ4v) is 1.94. The lowest BCUT2D eigenvalue weighted by Crippen LogP contribution is -2.24. The van der Waals surface area contributed by atoms with Crippen molar-refractivity contribution in [1.29, 1.82) is 0 Å². The Balaban J connectivity index is 1.69. The van der Waals surface area contributed by atoms with E-state index in [4.69, 9.17) is 4.74 Å². The van der Waals surface area contributed by atoms with Gasteiger partial charge in [0.1, 0.15) is 18.1 Å². The Morgan fingerprint density at radius 3 is 2.43 bits per heavy atom. The first-order chi connectivity index (χ1) is 11.2. The molecule has 5 heteroatoms. The molecule has 0 bridgehead atoms. The maximum atomic E-state index is 11.5. The van der Waals surface area contributed by atoms with Crippen molar-refractivity contribution < 1.29 is 19.7 Å². The molecular formula is C18H19NO4. The molecule has 0 unspecified atom stereocenters. The van der Waals surface area contributed by atoms with E-state index in [-0.39, 0.29) is 18.1 Å². The van der Waals surface area contributed by atoms with E-state index in [9.17, 15) is 15.0 Å². The van der Waals surface area contributed by atoms with E-state index in [1.807, 2.05) is 30.3 Å². The van der Waals surface area contributed by atoms with Crippen LogP contribution in [0.15, 0.2) is 54.6 Å². The largest absolute Gasteiger partial charge is 0.507 e. The van der Waals surface area contributed by atoms with E-state index in [0.29, 0.717) is 18.5 Å². The van der Waals surface area contributed by atoms with E-state index in [0.717, 1.165) is 5.56 Å². The quantitative estimate of drug-likeness (QED) is 0.714. The molecule has 0 aromatic heterocycles. The van der Waals surface area contributed by atoms with Crippen LogP contribution in [0.1, 0.15) is 17.5 Å². The van der Waals surface area contributed by atoms with Crippen LogP contribution in [0.4, 0.5) is 4.79 Å². The van der Waals surface area contributed by atoms with Gasteiger partial charge in [-0.1, -0.05) is 48.6 Å². The van der Waals surface area contributed by atoms with Gasteiger partial charge < -0.3 is 20.3 Å². The van der Waals surface area contributed by atoms with E-state index in [1.54, 1.807) is 18.2 Å². The molecule has 0 fully saturated rings. The minimum Gasteiger partial charge on any atom is -0.507 e. The van der Waals surface area contributed by atoms with Crippen LogP contribution in [0.3, 0.4) is 0 Å². The second-order valence-corrected chi connectivity index (χ2v) is 4.89. The van der Waals surface area contributed by atoms with E-state index in [1.165, 1.54) is 12.1 Å². The number of hydrogen-bond acceptors (Lipinski definition) is 4. The van der Waals surface area contributed by atoms with Crippen LogP contribution < -0.4 is 5.32 Å². The number of phenolic OH excluding ortho intramolecular Hbond substituents is 2. The van der Waals surface area contributed by atoms with Crippen LogP contribution in [0, 0.1) is 0 Å². The Kier molecular flexibility index (Phi) is 6.06. The number of hydrogen-bond donors (Lipinski definition) is 3. The smallest absolute Gasteiger partial charge is 0.407 e. The molecule has 0 aliphatic heterocycles. The van der Waals surface area contributed by atoms with E-state index < -0.39 is 6.09 Å². The number of amides is 1. The zero-order valence-electron chi connectivity index (χ0n) is 12.6. The van der Waals surface area contributed by atoms with Gasteiger partial charge >= 0.3 is 6.09 Å². The van der Waals surface area contributed by atoms with Gasteiger partial charge in [-0.05, 0) is 24.1 Å². The third-order valence-corrected chi connectivity index (χ3v) is 3.14. The summed E-state index contributed by atoms with van der Waals surface area (Å²) < 4.78 is 5.08. The monoisotopic (exact) mass is 313 g/mol. The summed E-state index contributed by atoms with van der Waals surface area (Å²) in [6.07, 6.45) is 3.44. The summed E-state index contributed by atoms with van der Waals surface area (Å²) in [7, 11) is 0. The second kappa shape index (κ2) is 8.48. The molecule has 0 saturated carbocycles. The Bertz CT molecular complexity index is 648. The van der Waals surface area contributed by atoms with E-state index >= 15 is 0 Å². The maximum Gasteiger partial charge on any atom is 0.407 e. The lowest BCUT2D eigenvalue weighted by molar-refractivity contribution is 0.140. The van der Waals surface area contributed by atoms with Crippen LogP contribution in [0.5, 0.6) is 11.5 Å². The Morgan fingerprint density at radius 2 is 1.74 bits per heavy atom. The van der Waals surface area contributed by atoms with Crippen molar-refractivity contribution in [2.45, 2.75) is 13.0 Å². The van der Waals surface area contributed by atoms with Gasteiger partial charge in [0.2, 0.25) is 0 Å². The lowest BCUT2D eigenvalue weighted by Gasteiger charge is -2.06. The second-order valence-electron chi connectivity index (χ2n) is 4.89. The minimum atomic E-state index is -0.479. The van der Waals surface area contributed by atoms with Crippen LogP contribution in [-0.4, -0.2) is 22.9 Å². The van der Waals surface area contributed by atoms with Crippen molar-refractivity contribution in [2.24, 2.45) is 0 Å². The number of nitrogens with one attached hydrogen (secondary N) is 1. The molecule has 1 amide bonds. The molecule has 23 heavy (non-hydrogen) atoms. The Labute approximate surface area is 134 Å². The number of alkyl carbamates (subject to hydrolysis) is 1. The summed E-state index contributed by atoms with van der Waals surface area (Å²) in [5.74, 6) is 0.0213. The number of aromatic hydroxyl groups is 2. The first-order valence-corrected chi connectivity index (χ1v) is 7.29. The van der Waals surface area contributed by atoms with Gasteiger partial charge in [0.25, 0.3) is 0 Å². The topological polar surface area (TPSA) is 78.8 Å². The fourth-order valence-electron chi connectivity index (χ4n) is 1.94. The van der Waals surface area contributed by atoms with Crippen molar-refractivity contribution in [2.75, 3.05) is 6.54 Å². The maximum absolute atomic E-state index is 11.5. The highest BCUT2D eigenvalue weighted by molar-refractivity contribution is 5.67. The third-order valence-electron chi connectivity index (χ3n) is 3.14. The molecule has 120 valence electrons. The summed E-state index contributed by atoms with van der Waals surface area (Å²) >= 11 is 0. The predicted octanol–water partition coefficient (Wildman–Crippen LogP) is 3.43. The van der Waals surface area contributed by atoms with Gasteiger partial charge in [0, 0.05) is 6.54 Å². The van der Waals surface area contributed by atoms with E-state index in [2.05, 4.69) is 5.32 Å². The standard InChI is InChI=1S/C18H19NO4/c20-16-10-6-11-17(21)15(16)9-4-5-12-19-18(22)23-13-14-7-2-1-3-8-14/h1-4,6-11,20-21H,5,12-13H2,(H,19,22). The molecule has 2 rings (SSSR count). The zero-order chi connectivity index (χ0) is 16.5. The molecule has 3 N–H and O–H groups in total. The Morgan fingerprint density at radius 1 is 1.04 bits per heavy atom. The normalized spacial score (nSPS) is 10.6. The van der Waals surface area contributed by atoms with Gasteiger partial charge in [-0.2, -0.15) is 0 Å². The molecule has 0 radical (unpaired) electrons. The molecule has 0 aliphatic carbocycles. The Hall–Kier alpha value is -2.95. The first kappa shape index (κ1) is 16.4. The first-order valence-electron chi connectivity index (χ1n) is 7.29. The van der Waals surface area contributed by atoms with Gasteiger partial charge in [-0.15, -0.1) is 0 Å². The van der Waals surface area contributed by atoms with Crippen LogP contribution in [-0.2, 0) is 11.3 Å². The summed E-state index contributed by atoms with van der Waals surface area (Å²) in [5.41, 5.74) is 1.29. The van der Waals surface area contributed by atoms with Crippen molar-refractivity contribution in [3.05, 3.63) is 65.7 Å². The van der Waals surface area contributed by atoms with Crippen molar-refractivity contribution >= 4 is 12.2 Å². The van der Waals surface area contributed by atoms with Crippen LogP contribution in [0.2, 0.25) is 0 Å². The van der Waals surface area contributed by atoms with Crippen LogP contribution >= 0.6 is 0 Å². The zero-order valence-corrected chi connectivity index (χ0v) is 12.6. The summed E-state index contributed by atoms with van der Waals surface area (Å²) in [5, 5.41) is 21.9. The number of ether oxygens (including phenoxy) is 1. The minimum absolute atomic E-state index is 0.0106. The average Bonchev–Trinajstić information content (AvgIpc) is 2.56. The fraction of sp³-hybridized carbons (Fsp3) is 0.167. The summed E-state index contributed by atoms with van der Waals surface area (Å²) in [6, 6.07) is 14.0. The van der Waals surface area contributed by atoms with Crippen molar-refractivity contribution in [3.63, 3.8) is 0 Å². The molecule has 0 atom stereocenters. The summed E-state index contributed by atoms with van der Waals surface area (Å²) in [6.45, 7) is 0.632. The SMILES string of the molecule is O=C(NCCC=Cc1c(O)cccc1O)OCc1ccccc1. The summed E-state index contributed by atoms with van der Waals surface area (Å²) in [4.78, 5) is 11.5. The number of carbonyl (C=O) groups excluding carboxylic acids is 1. The molecule has 0 saturated heterocycles. The number of carbonyl (C=O) groups is 1. The highest BCUT2D eigenvalue weighted by atomic mass is 16.5. The number of rotatable bonds is 6. The number of phenols is 2. The predicted molar refractivity (Wildman–Crippen MR) is 88.1 cm³/mol. The lowest BCUT2D eigenvalue weighted by atomic mass is 10.1.